The molecule has 0 saturated carbocycles. The third-order valence-corrected chi connectivity index (χ3v) is 11.3. The van der Waals surface area contributed by atoms with Crippen LogP contribution in [0.3, 0.4) is 0 Å². The third kappa shape index (κ3) is 9.81. The monoisotopic (exact) mass is 858 g/mol. The predicted octanol–water partition coefficient (Wildman–Crippen LogP) is 6.09. The summed E-state index contributed by atoms with van der Waals surface area (Å²) in [5.74, 6) is 1.43. The summed E-state index contributed by atoms with van der Waals surface area (Å²) in [4.78, 5) is 51.5. The van der Waals surface area contributed by atoms with Crippen LogP contribution in [0.1, 0.15) is 24.0 Å². The van der Waals surface area contributed by atoms with Crippen LogP contribution < -0.4 is 20.6 Å². The van der Waals surface area contributed by atoms with Crippen LogP contribution in [0.5, 0.6) is 11.5 Å². The van der Waals surface area contributed by atoms with Gasteiger partial charge >= 0.3 is 0 Å². The Morgan fingerprint density at radius 2 is 1.03 bits per heavy atom. The predicted molar refractivity (Wildman–Crippen MR) is 243 cm³/mol. The first-order valence-corrected chi connectivity index (χ1v) is 21.4. The minimum atomic E-state index is -0.283. The zero-order chi connectivity index (χ0) is 43.8. The Labute approximate surface area is 367 Å². The van der Waals surface area contributed by atoms with E-state index in [1.54, 1.807) is 24.3 Å². The van der Waals surface area contributed by atoms with E-state index in [1.165, 1.54) is 0 Å². The van der Waals surface area contributed by atoms with Gasteiger partial charge in [0.1, 0.15) is 11.5 Å². The summed E-state index contributed by atoms with van der Waals surface area (Å²) in [6.07, 6.45) is 1.86. The van der Waals surface area contributed by atoms with Crippen LogP contribution >= 0.6 is 0 Å². The summed E-state index contributed by atoms with van der Waals surface area (Å²) in [5.41, 5.74) is 6.73. The van der Waals surface area contributed by atoms with Crippen molar-refractivity contribution in [3.05, 3.63) is 117 Å². The van der Waals surface area contributed by atoms with Crippen molar-refractivity contribution in [2.45, 2.75) is 12.8 Å². The first-order chi connectivity index (χ1) is 31.4. The Balaban J connectivity index is 0.000000162. The Kier molecular flexibility index (Phi) is 12.7. The van der Waals surface area contributed by atoms with E-state index in [0.29, 0.717) is 74.9 Å². The summed E-state index contributed by atoms with van der Waals surface area (Å²) in [6.45, 7) is 10.3. The topological polar surface area (TPSA) is 214 Å². The Hall–Kier alpha value is -7.34. The highest BCUT2D eigenvalue weighted by Crippen LogP contribution is 2.26. The molecule has 4 N–H and O–H groups in total. The second kappa shape index (κ2) is 19.4. The maximum Gasteiger partial charge on any atom is 0.276 e. The first-order valence-electron chi connectivity index (χ1n) is 21.4. The standard InChI is InChI=1S/2C24H23N5O3/c25-15-16-2-4-19-17(12-16)13-22(26-19)23-24(30)28-20-5-3-18(14-21(20)27-23)32-9-1-6-29-7-10-31-11-8-29;25-15-16-2-4-19-17(12-16)13-22(26-19)23-24(30)28-21-14-18(3-5-20(21)27-23)32-9-1-6-29-7-10-31-11-8-29/h2*2-5,12-14,26H,1,6-11H2,(H,28,30). The van der Waals surface area contributed by atoms with Crippen LogP contribution in [0, 0.1) is 22.7 Å². The average Bonchev–Trinajstić information content (AvgIpc) is 3.96. The molecule has 0 atom stereocenters. The highest BCUT2D eigenvalue weighted by Gasteiger charge is 2.15. The molecule has 64 heavy (non-hydrogen) atoms. The second-order valence-corrected chi connectivity index (χ2v) is 15.7. The molecule has 2 aliphatic rings. The molecule has 2 saturated heterocycles. The van der Waals surface area contributed by atoms with Gasteiger partial charge in [0, 0.05) is 73.2 Å². The molecule has 0 amide bonds. The van der Waals surface area contributed by atoms with Gasteiger partial charge in [-0.1, -0.05) is 0 Å². The molecule has 16 heteroatoms. The molecule has 10 rings (SSSR count). The van der Waals surface area contributed by atoms with Crippen molar-refractivity contribution >= 4 is 43.9 Å². The van der Waals surface area contributed by atoms with Crippen LogP contribution in [-0.4, -0.2) is 119 Å². The largest absolute Gasteiger partial charge is 0.493 e. The zero-order valence-electron chi connectivity index (χ0n) is 35.1. The molecule has 0 spiro atoms. The number of aromatic nitrogens is 6. The van der Waals surface area contributed by atoms with Crippen LogP contribution in [0.2, 0.25) is 0 Å². The molecule has 0 bridgehead atoms. The fourth-order valence-corrected chi connectivity index (χ4v) is 7.94. The lowest BCUT2D eigenvalue weighted by atomic mass is 10.2. The molecular weight excluding hydrogens is 813 g/mol. The number of nitrogens with zero attached hydrogens (tertiary/aromatic N) is 6. The van der Waals surface area contributed by atoms with Gasteiger partial charge in [-0.2, -0.15) is 10.5 Å². The second-order valence-electron chi connectivity index (χ2n) is 15.7. The van der Waals surface area contributed by atoms with E-state index in [1.807, 2.05) is 60.7 Å². The average molecular weight is 859 g/mol. The number of H-pyrrole nitrogens is 4. The van der Waals surface area contributed by atoms with Gasteiger partial charge in [-0.05, 0) is 85.6 Å². The van der Waals surface area contributed by atoms with Gasteiger partial charge in [-0.15, -0.1) is 0 Å². The number of hydrogen-bond donors (Lipinski definition) is 4. The fourth-order valence-electron chi connectivity index (χ4n) is 7.94. The molecule has 8 aromatic rings. The molecule has 0 unspecified atom stereocenters. The highest BCUT2D eigenvalue weighted by molar-refractivity contribution is 5.88. The van der Waals surface area contributed by atoms with E-state index in [4.69, 9.17) is 29.5 Å². The summed E-state index contributed by atoms with van der Waals surface area (Å²) in [6, 6.07) is 29.7. The van der Waals surface area contributed by atoms with Crippen LogP contribution in [0.4, 0.5) is 0 Å². The van der Waals surface area contributed by atoms with Crippen molar-refractivity contribution in [3.63, 3.8) is 0 Å². The Bertz CT molecular complexity index is 3150. The van der Waals surface area contributed by atoms with Crippen molar-refractivity contribution in [1.82, 2.24) is 39.7 Å². The highest BCUT2D eigenvalue weighted by atomic mass is 16.5. The van der Waals surface area contributed by atoms with Gasteiger partial charge in [-0.25, -0.2) is 9.97 Å². The number of ether oxygens (including phenoxy) is 4. The third-order valence-electron chi connectivity index (χ3n) is 11.3. The molecule has 0 radical (unpaired) electrons. The summed E-state index contributed by atoms with van der Waals surface area (Å²) >= 11 is 0. The van der Waals surface area contributed by atoms with Crippen LogP contribution in [0.15, 0.2) is 94.5 Å². The van der Waals surface area contributed by atoms with Gasteiger partial charge in [-0.3, -0.25) is 19.4 Å². The molecule has 4 aromatic carbocycles. The summed E-state index contributed by atoms with van der Waals surface area (Å²) in [5, 5.41) is 19.9. The van der Waals surface area contributed by atoms with Gasteiger partial charge in [0.2, 0.25) is 0 Å². The number of hydrogen-bond acceptors (Lipinski definition) is 12. The fraction of sp³-hybridized carbons (Fsp3) is 0.292. The Morgan fingerprint density at radius 3 is 1.58 bits per heavy atom. The van der Waals surface area contributed by atoms with Crippen molar-refractivity contribution < 1.29 is 18.9 Å². The normalized spacial score (nSPS) is 14.6. The lowest BCUT2D eigenvalue weighted by Crippen LogP contribution is -2.37. The van der Waals surface area contributed by atoms with Crippen LogP contribution in [0.25, 0.3) is 66.6 Å². The van der Waals surface area contributed by atoms with Crippen molar-refractivity contribution in [2.75, 3.05) is 78.9 Å². The summed E-state index contributed by atoms with van der Waals surface area (Å²) in [7, 11) is 0. The van der Waals surface area contributed by atoms with E-state index >= 15 is 0 Å². The zero-order valence-corrected chi connectivity index (χ0v) is 35.1. The number of aromatic amines is 4. The van der Waals surface area contributed by atoms with Gasteiger partial charge in [0.15, 0.2) is 11.4 Å². The molecule has 0 aliphatic carbocycles. The molecular formula is C48H46N10O6. The number of morpholine rings is 2. The van der Waals surface area contributed by atoms with E-state index < -0.39 is 0 Å². The lowest BCUT2D eigenvalue weighted by Gasteiger charge is -2.26. The van der Waals surface area contributed by atoms with E-state index in [-0.39, 0.29) is 11.1 Å². The maximum absolute atomic E-state index is 12.7. The van der Waals surface area contributed by atoms with Gasteiger partial charge in [0.25, 0.3) is 11.1 Å². The number of rotatable bonds is 12. The molecule has 4 aromatic heterocycles. The van der Waals surface area contributed by atoms with Crippen molar-refractivity contribution in [1.29, 1.82) is 10.5 Å². The smallest absolute Gasteiger partial charge is 0.276 e. The quantitative estimate of drug-likeness (QED) is 0.103. The van der Waals surface area contributed by atoms with E-state index in [2.05, 4.69) is 51.8 Å². The van der Waals surface area contributed by atoms with Crippen LogP contribution in [-0.2, 0) is 9.47 Å². The maximum atomic E-state index is 12.7. The first kappa shape index (κ1) is 42.0. The van der Waals surface area contributed by atoms with Crippen molar-refractivity contribution in [3.8, 4) is 46.4 Å². The SMILES string of the molecule is N#Cc1ccc2[nH]c(-c3nc4cc(OCCCN5CCOCC5)ccc4[nH]c3=O)cc2c1.N#Cc1ccc2[nH]c(-c3nc4ccc(OCCCN5CCOCC5)cc4[nH]c3=O)cc2c1. The van der Waals surface area contributed by atoms with Gasteiger partial charge in [0.05, 0.1) is 96.4 Å². The number of fused-ring (bicyclic) bond motifs is 4. The molecule has 2 fully saturated rings. The molecule has 16 nitrogen and oxygen atoms in total. The number of nitriles is 2. The lowest BCUT2D eigenvalue weighted by molar-refractivity contribution is 0.0357. The number of benzene rings is 4. The minimum Gasteiger partial charge on any atom is -0.493 e. The van der Waals surface area contributed by atoms with Crippen molar-refractivity contribution in [2.24, 2.45) is 0 Å². The molecule has 2 aliphatic heterocycles. The minimum absolute atomic E-state index is 0.274. The Morgan fingerprint density at radius 1 is 0.547 bits per heavy atom. The van der Waals surface area contributed by atoms with Gasteiger partial charge < -0.3 is 38.9 Å². The van der Waals surface area contributed by atoms with E-state index in [0.717, 1.165) is 106 Å². The molecule has 6 heterocycles. The van der Waals surface area contributed by atoms with E-state index in [9.17, 15) is 9.59 Å². The summed E-state index contributed by atoms with van der Waals surface area (Å²) < 4.78 is 22.5. The molecule has 324 valence electrons. The number of nitrogens with one attached hydrogen (secondary N) is 4.